The van der Waals surface area contributed by atoms with Crippen LogP contribution in [0.1, 0.15) is 75.8 Å². The zero-order valence-electron chi connectivity index (χ0n) is 29.2. The van der Waals surface area contributed by atoms with E-state index in [4.69, 9.17) is 32.9 Å². The van der Waals surface area contributed by atoms with Crippen molar-refractivity contribution in [3.05, 3.63) is 99.0 Å². The Morgan fingerprint density at radius 1 is 0.857 bits per heavy atom. The lowest BCUT2D eigenvalue weighted by Gasteiger charge is -2.40. The lowest BCUT2D eigenvalue weighted by molar-refractivity contribution is -0.131. The van der Waals surface area contributed by atoms with Gasteiger partial charge in [-0.3, -0.25) is 19.6 Å². The fourth-order valence-corrected chi connectivity index (χ4v) is 7.44. The maximum atomic E-state index is 15.0. The molecular weight excluding hydrogens is 657 g/mol. The van der Waals surface area contributed by atoms with E-state index >= 15 is 4.79 Å². The molecule has 0 aliphatic carbocycles. The van der Waals surface area contributed by atoms with Gasteiger partial charge in [0.2, 0.25) is 5.91 Å². The molecule has 0 bridgehead atoms. The number of piperazine rings is 1. The van der Waals surface area contributed by atoms with Gasteiger partial charge in [-0.2, -0.15) is 0 Å². The smallest absolute Gasteiger partial charge is 0.326 e. The molecule has 6 rings (SSSR count). The third-order valence-electron chi connectivity index (χ3n) is 10.0. The molecule has 2 saturated heterocycles. The molecule has 49 heavy (non-hydrogen) atoms. The van der Waals surface area contributed by atoms with Crippen molar-refractivity contribution in [1.29, 1.82) is 0 Å². The molecule has 2 unspecified atom stereocenters. The highest BCUT2D eigenvalue weighted by atomic mass is 35.5. The second-order valence-corrected chi connectivity index (χ2v) is 15.3. The van der Waals surface area contributed by atoms with Crippen LogP contribution in [-0.2, 0) is 15.7 Å². The molecule has 0 N–H and O–H groups in total. The van der Waals surface area contributed by atoms with E-state index in [1.807, 2.05) is 76.2 Å². The Balaban J connectivity index is 1.42. The van der Waals surface area contributed by atoms with Crippen molar-refractivity contribution >= 4 is 41.0 Å². The van der Waals surface area contributed by atoms with Gasteiger partial charge in [-0.1, -0.05) is 74.3 Å². The van der Waals surface area contributed by atoms with Gasteiger partial charge in [-0.15, -0.1) is 0 Å². The van der Waals surface area contributed by atoms with Crippen LogP contribution in [0.2, 0.25) is 10.0 Å². The molecule has 10 heteroatoms. The number of amidine groups is 1. The molecule has 3 aromatic carbocycles. The van der Waals surface area contributed by atoms with E-state index in [0.717, 1.165) is 48.2 Å². The highest BCUT2D eigenvalue weighted by Gasteiger charge is 2.52. The van der Waals surface area contributed by atoms with E-state index in [1.54, 1.807) is 0 Å². The molecule has 3 amide bonds. The first-order chi connectivity index (χ1) is 23.4. The van der Waals surface area contributed by atoms with E-state index in [-0.39, 0.29) is 17.4 Å². The van der Waals surface area contributed by atoms with Gasteiger partial charge in [0.1, 0.15) is 17.1 Å². The monoisotopic (exact) mass is 703 g/mol. The normalized spacial score (nSPS) is 21.7. The van der Waals surface area contributed by atoms with Crippen LogP contribution in [0.15, 0.2) is 71.7 Å². The number of benzene rings is 3. The van der Waals surface area contributed by atoms with Gasteiger partial charge in [-0.25, -0.2) is 4.79 Å². The van der Waals surface area contributed by atoms with Crippen LogP contribution in [0.4, 0.5) is 4.79 Å². The molecule has 0 spiro atoms. The Morgan fingerprint density at radius 3 is 2.06 bits per heavy atom. The van der Waals surface area contributed by atoms with Gasteiger partial charge in [0.05, 0.1) is 24.8 Å². The Labute approximate surface area is 300 Å². The predicted octanol–water partition coefficient (Wildman–Crippen LogP) is 7.77. The van der Waals surface area contributed by atoms with Crippen molar-refractivity contribution in [2.45, 2.75) is 64.5 Å². The van der Waals surface area contributed by atoms with Crippen molar-refractivity contribution < 1.29 is 14.3 Å². The summed E-state index contributed by atoms with van der Waals surface area (Å²) < 4.78 is 6.29. The van der Waals surface area contributed by atoms with Gasteiger partial charge >= 0.3 is 6.03 Å². The number of rotatable bonds is 7. The number of ether oxygens (including phenoxy) is 1. The minimum atomic E-state index is -0.875. The molecule has 3 aromatic rings. The van der Waals surface area contributed by atoms with Crippen LogP contribution in [-0.4, -0.2) is 89.8 Å². The second-order valence-electron chi connectivity index (χ2n) is 14.4. The van der Waals surface area contributed by atoms with Crippen LogP contribution in [0, 0.1) is 0 Å². The van der Waals surface area contributed by atoms with Crippen molar-refractivity contribution in [3.8, 4) is 5.75 Å². The summed E-state index contributed by atoms with van der Waals surface area (Å²) in [5.74, 6) is 1.42. The predicted molar refractivity (Wildman–Crippen MR) is 197 cm³/mol. The number of hydrogen-bond donors (Lipinski definition) is 0. The number of carbonyl (C=O) groups is 2. The summed E-state index contributed by atoms with van der Waals surface area (Å²) in [6.07, 6.45) is 2.14. The number of urea groups is 1. The first-order valence-electron chi connectivity index (χ1n) is 17.4. The average molecular weight is 705 g/mol. The highest BCUT2D eigenvalue weighted by Crippen LogP contribution is 2.50. The number of carbonyl (C=O) groups excluding carboxylic acids is 2. The highest BCUT2D eigenvalue weighted by molar-refractivity contribution is 6.30. The fraction of sp³-hybridized carbons (Fsp3) is 0.462. The fourth-order valence-electron chi connectivity index (χ4n) is 7.18. The Morgan fingerprint density at radius 2 is 1.47 bits per heavy atom. The molecule has 0 radical (unpaired) electrons. The molecule has 2 atom stereocenters. The maximum Gasteiger partial charge on any atom is 0.326 e. The number of aliphatic imine (C=N–C) groups is 1. The SMILES string of the molecule is CCOc1cc(C(C)(C)C)ccc1C1=NC(C)(c2ccc(Cl)cc2)C(c2ccc(Cl)cc2)N1C(=O)N1CCN(CC(=O)N2CCCC2)CC1. The molecule has 2 fully saturated rings. The third kappa shape index (κ3) is 7.33. The van der Waals surface area contributed by atoms with Crippen molar-refractivity contribution in [2.24, 2.45) is 4.99 Å². The summed E-state index contributed by atoms with van der Waals surface area (Å²) in [4.78, 5) is 41.3. The summed E-state index contributed by atoms with van der Waals surface area (Å²) >= 11 is 12.7. The Hall–Kier alpha value is -3.59. The van der Waals surface area contributed by atoms with E-state index in [1.165, 1.54) is 0 Å². The molecule has 260 valence electrons. The minimum absolute atomic E-state index is 0.100. The molecule has 3 heterocycles. The van der Waals surface area contributed by atoms with Crippen LogP contribution < -0.4 is 4.74 Å². The number of nitrogens with zero attached hydrogens (tertiary/aromatic N) is 5. The topological polar surface area (TPSA) is 68.7 Å². The number of amides is 3. The van der Waals surface area contributed by atoms with Crippen LogP contribution in [0.5, 0.6) is 5.75 Å². The molecule has 3 aliphatic heterocycles. The summed E-state index contributed by atoms with van der Waals surface area (Å²) in [6, 6.07) is 21.0. The summed E-state index contributed by atoms with van der Waals surface area (Å²) in [6.45, 7) is 15.3. The molecule has 0 saturated carbocycles. The van der Waals surface area contributed by atoms with E-state index in [9.17, 15) is 4.79 Å². The lowest BCUT2D eigenvalue weighted by Crippen LogP contribution is -2.56. The number of halogens is 2. The zero-order chi connectivity index (χ0) is 34.9. The van der Waals surface area contributed by atoms with Crippen molar-refractivity contribution in [3.63, 3.8) is 0 Å². The van der Waals surface area contributed by atoms with Gasteiger partial charge in [0.25, 0.3) is 0 Å². The van der Waals surface area contributed by atoms with Crippen molar-refractivity contribution in [2.75, 3.05) is 52.4 Å². The summed E-state index contributed by atoms with van der Waals surface area (Å²) in [5.41, 5.74) is 2.75. The van der Waals surface area contributed by atoms with Gasteiger partial charge in [-0.05, 0) is 85.2 Å². The standard InChI is InChI=1S/C39H47Cl2N5O3/c1-6-49-33-25-29(38(2,3)4)13-18-32(33)36-42-39(5,28-11-16-31(41)17-12-28)35(27-9-14-30(40)15-10-27)46(36)37(48)45-23-21-43(22-24-45)26-34(47)44-19-7-8-20-44/h9-18,25,35H,6-8,19-24,26H2,1-5H3. The lowest BCUT2D eigenvalue weighted by atomic mass is 9.81. The van der Waals surface area contributed by atoms with Gasteiger partial charge < -0.3 is 14.5 Å². The summed E-state index contributed by atoms with van der Waals surface area (Å²) in [7, 11) is 0. The summed E-state index contributed by atoms with van der Waals surface area (Å²) in [5, 5.41) is 1.24. The molecule has 3 aliphatic rings. The second kappa shape index (κ2) is 14.3. The Kier molecular flexibility index (Phi) is 10.3. The van der Waals surface area contributed by atoms with Crippen LogP contribution in [0.3, 0.4) is 0 Å². The first-order valence-corrected chi connectivity index (χ1v) is 18.1. The molecular formula is C39H47Cl2N5O3. The minimum Gasteiger partial charge on any atom is -0.493 e. The molecule has 8 nitrogen and oxygen atoms in total. The van der Waals surface area contributed by atoms with E-state index in [0.29, 0.717) is 61.0 Å². The largest absolute Gasteiger partial charge is 0.493 e. The van der Waals surface area contributed by atoms with Crippen molar-refractivity contribution in [1.82, 2.24) is 19.6 Å². The number of hydrogen-bond acceptors (Lipinski definition) is 5. The quantitative estimate of drug-likeness (QED) is 0.252. The third-order valence-corrected chi connectivity index (χ3v) is 10.5. The maximum absolute atomic E-state index is 15.0. The zero-order valence-corrected chi connectivity index (χ0v) is 30.7. The van der Waals surface area contributed by atoms with Gasteiger partial charge in [0.15, 0.2) is 0 Å². The molecule has 0 aromatic heterocycles. The van der Waals surface area contributed by atoms with E-state index in [2.05, 4.69) is 44.7 Å². The average Bonchev–Trinajstić information content (AvgIpc) is 3.73. The van der Waals surface area contributed by atoms with E-state index < -0.39 is 11.6 Å². The van der Waals surface area contributed by atoms with Crippen LogP contribution in [0.25, 0.3) is 0 Å². The van der Waals surface area contributed by atoms with Crippen LogP contribution >= 0.6 is 23.2 Å². The Bertz CT molecular complexity index is 1690. The van der Waals surface area contributed by atoms with Gasteiger partial charge in [0, 0.05) is 49.3 Å². The number of likely N-dealkylation sites (tertiary alicyclic amines) is 1. The first kappa shape index (κ1) is 35.2.